The molecule has 5 heteroatoms. The van der Waals surface area contributed by atoms with Gasteiger partial charge in [-0.2, -0.15) is 0 Å². The molecule has 1 atom stereocenters. The van der Waals surface area contributed by atoms with Crippen LogP contribution in [-0.4, -0.2) is 24.9 Å². The lowest BCUT2D eigenvalue weighted by Gasteiger charge is -2.31. The molecule has 22 heavy (non-hydrogen) atoms. The molecular weight excluding hydrogens is 278 g/mol. The fraction of sp³-hybridized carbons (Fsp3) is 0.529. The number of benzene rings is 1. The van der Waals surface area contributed by atoms with Crippen molar-refractivity contribution in [2.45, 2.75) is 27.3 Å². The van der Waals surface area contributed by atoms with Crippen LogP contribution in [0.15, 0.2) is 24.3 Å². The molecule has 0 saturated carbocycles. The molecular formula is C17H25N3O2. The number of hydrogen-bond donors (Lipinski definition) is 3. The quantitative estimate of drug-likeness (QED) is 0.750. The van der Waals surface area contributed by atoms with Gasteiger partial charge in [0.15, 0.2) is 0 Å². The van der Waals surface area contributed by atoms with E-state index in [1.165, 1.54) is 0 Å². The second-order valence-electron chi connectivity index (χ2n) is 6.27. The smallest absolute Gasteiger partial charge is 0.226 e. The maximum Gasteiger partial charge on any atom is 0.226 e. The Morgan fingerprint density at radius 3 is 2.27 bits per heavy atom. The first kappa shape index (κ1) is 16.5. The molecule has 5 nitrogen and oxygen atoms in total. The maximum atomic E-state index is 12.0. The highest BCUT2D eigenvalue weighted by Crippen LogP contribution is 2.16. The average Bonchev–Trinajstić information content (AvgIpc) is 2.44. The topological polar surface area (TPSA) is 70.2 Å². The Kier molecular flexibility index (Phi) is 5.55. The predicted octanol–water partition coefficient (Wildman–Crippen LogP) is 1.75. The van der Waals surface area contributed by atoms with Crippen molar-refractivity contribution in [2.24, 2.45) is 17.8 Å². The van der Waals surface area contributed by atoms with E-state index in [-0.39, 0.29) is 23.7 Å². The number of anilines is 1. The first-order chi connectivity index (χ1) is 10.5. The molecule has 1 aromatic carbocycles. The molecule has 1 aromatic rings. The van der Waals surface area contributed by atoms with E-state index in [1.807, 2.05) is 45.0 Å². The largest absolute Gasteiger partial charge is 0.352 e. The summed E-state index contributed by atoms with van der Waals surface area (Å²) in [6.45, 7) is 8.07. The third kappa shape index (κ3) is 4.31. The summed E-state index contributed by atoms with van der Waals surface area (Å²) in [5.41, 5.74) is 1.80. The van der Waals surface area contributed by atoms with E-state index in [1.54, 1.807) is 0 Å². The van der Waals surface area contributed by atoms with Crippen molar-refractivity contribution in [1.82, 2.24) is 10.6 Å². The first-order valence-corrected chi connectivity index (χ1v) is 7.85. The number of carbonyl (C=O) groups excluding carboxylic acids is 2. The van der Waals surface area contributed by atoms with Gasteiger partial charge in [-0.25, -0.2) is 0 Å². The number of hydrogen-bond acceptors (Lipinski definition) is 3. The maximum absolute atomic E-state index is 12.0. The highest BCUT2D eigenvalue weighted by Gasteiger charge is 2.28. The van der Waals surface area contributed by atoms with E-state index in [2.05, 4.69) is 16.0 Å². The van der Waals surface area contributed by atoms with Gasteiger partial charge in [0, 0.05) is 24.1 Å². The molecule has 2 amide bonds. The van der Waals surface area contributed by atoms with Crippen molar-refractivity contribution in [3.8, 4) is 0 Å². The molecule has 0 bridgehead atoms. The molecule has 1 aliphatic heterocycles. The number of carbonyl (C=O) groups is 2. The minimum absolute atomic E-state index is 0.00369. The van der Waals surface area contributed by atoms with Gasteiger partial charge in [0.2, 0.25) is 11.8 Å². The molecule has 1 unspecified atom stereocenters. The van der Waals surface area contributed by atoms with Crippen LogP contribution in [0, 0.1) is 17.8 Å². The van der Waals surface area contributed by atoms with E-state index in [0.717, 1.165) is 24.3 Å². The zero-order valence-corrected chi connectivity index (χ0v) is 13.5. The molecule has 0 spiro atoms. The Bertz CT molecular complexity index is 521. The molecule has 120 valence electrons. The van der Waals surface area contributed by atoms with E-state index in [4.69, 9.17) is 0 Å². The lowest BCUT2D eigenvalue weighted by atomic mass is 9.88. The van der Waals surface area contributed by atoms with E-state index >= 15 is 0 Å². The Hall–Kier alpha value is -1.88. The van der Waals surface area contributed by atoms with Gasteiger partial charge in [-0.1, -0.05) is 32.9 Å². The summed E-state index contributed by atoms with van der Waals surface area (Å²) in [5.74, 6) is 0.564. The molecule has 3 N–H and O–H groups in total. The number of rotatable bonds is 6. The summed E-state index contributed by atoms with van der Waals surface area (Å²) in [6, 6.07) is 7.57. The van der Waals surface area contributed by atoms with Crippen LogP contribution in [0.3, 0.4) is 0 Å². The minimum Gasteiger partial charge on any atom is -0.352 e. The van der Waals surface area contributed by atoms with Crippen LogP contribution in [-0.2, 0) is 16.1 Å². The third-order valence-electron chi connectivity index (χ3n) is 4.15. The van der Waals surface area contributed by atoms with Crippen molar-refractivity contribution in [2.75, 3.05) is 18.4 Å². The summed E-state index contributed by atoms with van der Waals surface area (Å²) in [4.78, 5) is 23.7. The highest BCUT2D eigenvalue weighted by atomic mass is 16.2. The van der Waals surface area contributed by atoms with Gasteiger partial charge in [-0.05, 0) is 36.7 Å². The normalized spacial score (nSPS) is 16.0. The summed E-state index contributed by atoms with van der Waals surface area (Å²) in [7, 11) is 0. The minimum atomic E-state index is -0.0403. The monoisotopic (exact) mass is 303 g/mol. The molecule has 0 aromatic heterocycles. The Morgan fingerprint density at radius 1 is 1.14 bits per heavy atom. The highest BCUT2D eigenvalue weighted by molar-refractivity contribution is 5.92. The Morgan fingerprint density at radius 2 is 1.77 bits per heavy atom. The van der Waals surface area contributed by atoms with Crippen molar-refractivity contribution < 1.29 is 9.59 Å². The molecule has 1 fully saturated rings. The van der Waals surface area contributed by atoms with Gasteiger partial charge in [-0.3, -0.25) is 9.59 Å². The van der Waals surface area contributed by atoms with Crippen LogP contribution in [0.1, 0.15) is 26.3 Å². The van der Waals surface area contributed by atoms with E-state index in [9.17, 15) is 9.59 Å². The van der Waals surface area contributed by atoms with Gasteiger partial charge in [0.05, 0.1) is 0 Å². The van der Waals surface area contributed by atoms with Crippen LogP contribution in [0.4, 0.5) is 5.69 Å². The van der Waals surface area contributed by atoms with Gasteiger partial charge < -0.3 is 16.0 Å². The first-order valence-electron chi connectivity index (χ1n) is 7.85. The third-order valence-corrected chi connectivity index (χ3v) is 4.15. The van der Waals surface area contributed by atoms with Gasteiger partial charge >= 0.3 is 0 Å². The van der Waals surface area contributed by atoms with Gasteiger partial charge in [0.25, 0.3) is 0 Å². The van der Waals surface area contributed by atoms with Crippen molar-refractivity contribution >= 4 is 17.5 Å². The molecule has 1 aliphatic rings. The van der Waals surface area contributed by atoms with Crippen LogP contribution in [0.25, 0.3) is 0 Å². The fourth-order valence-corrected chi connectivity index (χ4v) is 2.22. The molecule has 0 radical (unpaired) electrons. The Labute approximate surface area is 131 Å². The number of amides is 2. The average molecular weight is 303 g/mol. The standard InChI is InChI=1S/C17H25N3O2/c1-11(2)16(21)20-15-6-4-13(5-7-15)8-19-17(22)12(3)14-9-18-10-14/h4-7,11-12,14,18H,8-10H2,1-3H3,(H,19,22)(H,20,21). The zero-order chi connectivity index (χ0) is 16.1. The van der Waals surface area contributed by atoms with Crippen LogP contribution < -0.4 is 16.0 Å². The summed E-state index contributed by atoms with van der Waals surface area (Å²) in [5, 5.41) is 9.01. The summed E-state index contributed by atoms with van der Waals surface area (Å²) >= 11 is 0. The molecule has 0 aliphatic carbocycles. The van der Waals surface area contributed by atoms with Crippen molar-refractivity contribution in [3.05, 3.63) is 29.8 Å². The van der Waals surface area contributed by atoms with Gasteiger partial charge in [-0.15, -0.1) is 0 Å². The number of nitrogens with one attached hydrogen (secondary N) is 3. The molecule has 1 heterocycles. The second kappa shape index (κ2) is 7.40. The SMILES string of the molecule is CC(C)C(=O)Nc1ccc(CNC(=O)C(C)C2CNC2)cc1. The summed E-state index contributed by atoms with van der Waals surface area (Å²) < 4.78 is 0. The summed E-state index contributed by atoms with van der Waals surface area (Å²) in [6.07, 6.45) is 0. The van der Waals surface area contributed by atoms with Crippen LogP contribution >= 0.6 is 0 Å². The van der Waals surface area contributed by atoms with E-state index < -0.39 is 0 Å². The predicted molar refractivity (Wildman–Crippen MR) is 87.3 cm³/mol. The van der Waals surface area contributed by atoms with Crippen molar-refractivity contribution in [1.29, 1.82) is 0 Å². The van der Waals surface area contributed by atoms with Crippen LogP contribution in [0.2, 0.25) is 0 Å². The van der Waals surface area contributed by atoms with Crippen molar-refractivity contribution in [3.63, 3.8) is 0 Å². The van der Waals surface area contributed by atoms with Gasteiger partial charge in [0.1, 0.15) is 0 Å². The molecule has 1 saturated heterocycles. The fourth-order valence-electron chi connectivity index (χ4n) is 2.22. The van der Waals surface area contributed by atoms with E-state index in [0.29, 0.717) is 12.5 Å². The molecule has 2 rings (SSSR count). The lowest BCUT2D eigenvalue weighted by molar-refractivity contribution is -0.126. The van der Waals surface area contributed by atoms with Crippen LogP contribution in [0.5, 0.6) is 0 Å². The lowest BCUT2D eigenvalue weighted by Crippen LogP contribution is -2.49. The zero-order valence-electron chi connectivity index (χ0n) is 13.5. The Balaban J connectivity index is 1.81. The second-order valence-corrected chi connectivity index (χ2v) is 6.27.